The summed E-state index contributed by atoms with van der Waals surface area (Å²) in [5, 5.41) is 0. The largest absolute Gasteiger partial charge is 0.299 e. The first-order valence-corrected chi connectivity index (χ1v) is 8.28. The van der Waals surface area contributed by atoms with Crippen LogP contribution < -0.4 is 0 Å². The summed E-state index contributed by atoms with van der Waals surface area (Å²) < 4.78 is 0. The monoisotopic (exact) mass is 288 g/mol. The SMILES string of the molecule is CCCCCCCCCC(=O)C(C)C(=O)c1ccccc1. The van der Waals surface area contributed by atoms with Gasteiger partial charge in [0.15, 0.2) is 5.78 Å². The molecule has 1 aromatic rings. The first-order valence-electron chi connectivity index (χ1n) is 8.28. The van der Waals surface area contributed by atoms with Crippen LogP contribution in [0.25, 0.3) is 0 Å². The summed E-state index contributed by atoms with van der Waals surface area (Å²) in [6.07, 6.45) is 8.88. The molecule has 0 amide bonds. The van der Waals surface area contributed by atoms with Gasteiger partial charge in [-0.2, -0.15) is 0 Å². The van der Waals surface area contributed by atoms with Gasteiger partial charge in [0.05, 0.1) is 5.92 Å². The summed E-state index contributed by atoms with van der Waals surface area (Å²) in [6, 6.07) is 9.10. The molecular weight excluding hydrogens is 260 g/mol. The highest BCUT2D eigenvalue weighted by Gasteiger charge is 2.21. The molecule has 0 bridgehead atoms. The second-order valence-electron chi connectivity index (χ2n) is 5.79. The van der Waals surface area contributed by atoms with Crippen molar-refractivity contribution in [3.63, 3.8) is 0 Å². The Morgan fingerprint density at radius 2 is 1.48 bits per heavy atom. The summed E-state index contributed by atoms with van der Waals surface area (Å²) >= 11 is 0. The molecule has 0 saturated heterocycles. The van der Waals surface area contributed by atoms with E-state index in [1.165, 1.54) is 32.1 Å². The lowest BCUT2D eigenvalue weighted by atomic mass is 9.92. The van der Waals surface area contributed by atoms with E-state index in [9.17, 15) is 9.59 Å². The topological polar surface area (TPSA) is 34.1 Å². The Morgan fingerprint density at radius 1 is 0.905 bits per heavy atom. The van der Waals surface area contributed by atoms with Gasteiger partial charge in [0.1, 0.15) is 5.78 Å². The lowest BCUT2D eigenvalue weighted by Crippen LogP contribution is -2.21. The second kappa shape index (κ2) is 10.3. The predicted octanol–water partition coefficient (Wildman–Crippen LogP) is 5.22. The molecule has 1 unspecified atom stereocenters. The van der Waals surface area contributed by atoms with Gasteiger partial charge >= 0.3 is 0 Å². The maximum absolute atomic E-state index is 12.2. The minimum atomic E-state index is -0.507. The van der Waals surface area contributed by atoms with Crippen molar-refractivity contribution in [2.75, 3.05) is 0 Å². The molecule has 21 heavy (non-hydrogen) atoms. The maximum Gasteiger partial charge on any atom is 0.173 e. The number of unbranched alkanes of at least 4 members (excludes halogenated alkanes) is 6. The van der Waals surface area contributed by atoms with E-state index in [1.807, 2.05) is 18.2 Å². The van der Waals surface area contributed by atoms with Crippen LogP contribution in [0.2, 0.25) is 0 Å². The minimum absolute atomic E-state index is 0.0523. The fourth-order valence-corrected chi connectivity index (χ4v) is 2.47. The zero-order chi connectivity index (χ0) is 15.5. The molecule has 0 aliphatic heterocycles. The number of Topliss-reactive ketones (excluding diaryl/α,β-unsaturated/α-hetero) is 2. The summed E-state index contributed by atoms with van der Waals surface area (Å²) in [7, 11) is 0. The van der Waals surface area contributed by atoms with Gasteiger partial charge in [-0.3, -0.25) is 9.59 Å². The van der Waals surface area contributed by atoms with Crippen molar-refractivity contribution >= 4 is 11.6 Å². The molecule has 0 aromatic heterocycles. The van der Waals surface area contributed by atoms with E-state index in [-0.39, 0.29) is 11.6 Å². The molecule has 0 spiro atoms. The Hall–Kier alpha value is -1.44. The minimum Gasteiger partial charge on any atom is -0.299 e. The van der Waals surface area contributed by atoms with Crippen LogP contribution in [0.1, 0.15) is 75.6 Å². The van der Waals surface area contributed by atoms with Crippen LogP contribution in [0, 0.1) is 5.92 Å². The highest BCUT2D eigenvalue weighted by Crippen LogP contribution is 2.14. The molecule has 0 aliphatic rings. The molecule has 0 fully saturated rings. The smallest absolute Gasteiger partial charge is 0.173 e. The fourth-order valence-electron chi connectivity index (χ4n) is 2.47. The van der Waals surface area contributed by atoms with Crippen molar-refractivity contribution in [3.8, 4) is 0 Å². The van der Waals surface area contributed by atoms with Gasteiger partial charge in [-0.15, -0.1) is 0 Å². The molecule has 0 heterocycles. The van der Waals surface area contributed by atoms with Crippen LogP contribution in [0.4, 0.5) is 0 Å². The van der Waals surface area contributed by atoms with Gasteiger partial charge in [0, 0.05) is 12.0 Å². The fraction of sp³-hybridized carbons (Fsp3) is 0.579. The molecule has 2 heteroatoms. The summed E-state index contributed by atoms with van der Waals surface area (Å²) in [5.41, 5.74) is 0.637. The third kappa shape index (κ3) is 6.70. The van der Waals surface area contributed by atoms with Crippen molar-refractivity contribution in [2.24, 2.45) is 5.92 Å². The van der Waals surface area contributed by atoms with Crippen molar-refractivity contribution < 1.29 is 9.59 Å². The summed E-state index contributed by atoms with van der Waals surface area (Å²) in [5.74, 6) is -0.478. The average Bonchev–Trinajstić information content (AvgIpc) is 2.53. The Labute approximate surface area is 128 Å². The molecule has 0 N–H and O–H groups in total. The van der Waals surface area contributed by atoms with Crippen LogP contribution in [0.5, 0.6) is 0 Å². The van der Waals surface area contributed by atoms with Gasteiger partial charge in [0.25, 0.3) is 0 Å². The van der Waals surface area contributed by atoms with E-state index in [0.29, 0.717) is 12.0 Å². The lowest BCUT2D eigenvalue weighted by molar-refractivity contribution is -0.121. The molecule has 1 aromatic carbocycles. The molecule has 0 saturated carbocycles. The number of ketones is 2. The Morgan fingerprint density at radius 3 is 2.10 bits per heavy atom. The number of carbonyl (C=O) groups is 2. The zero-order valence-corrected chi connectivity index (χ0v) is 13.4. The number of benzene rings is 1. The van der Waals surface area contributed by atoms with Gasteiger partial charge in [-0.1, -0.05) is 75.8 Å². The van der Waals surface area contributed by atoms with E-state index in [1.54, 1.807) is 19.1 Å². The van der Waals surface area contributed by atoms with Crippen LogP contribution in [-0.4, -0.2) is 11.6 Å². The first-order chi connectivity index (χ1) is 10.2. The number of hydrogen-bond donors (Lipinski definition) is 0. The first kappa shape index (κ1) is 17.6. The number of rotatable bonds is 11. The third-order valence-electron chi connectivity index (χ3n) is 3.96. The van der Waals surface area contributed by atoms with E-state index in [0.717, 1.165) is 12.8 Å². The van der Waals surface area contributed by atoms with E-state index >= 15 is 0 Å². The summed E-state index contributed by atoms with van der Waals surface area (Å²) in [4.78, 5) is 24.2. The molecule has 1 atom stereocenters. The Balaban J connectivity index is 2.24. The molecular formula is C19H28O2. The van der Waals surface area contributed by atoms with Crippen molar-refractivity contribution in [3.05, 3.63) is 35.9 Å². The summed E-state index contributed by atoms with van der Waals surface area (Å²) in [6.45, 7) is 3.95. The molecule has 2 nitrogen and oxygen atoms in total. The quantitative estimate of drug-likeness (QED) is 0.318. The van der Waals surface area contributed by atoms with Crippen molar-refractivity contribution in [1.29, 1.82) is 0 Å². The lowest BCUT2D eigenvalue weighted by Gasteiger charge is -2.09. The van der Waals surface area contributed by atoms with Crippen LogP contribution in [0.3, 0.4) is 0 Å². The van der Waals surface area contributed by atoms with Crippen LogP contribution in [0.15, 0.2) is 30.3 Å². The third-order valence-corrected chi connectivity index (χ3v) is 3.96. The van der Waals surface area contributed by atoms with E-state index < -0.39 is 5.92 Å². The maximum atomic E-state index is 12.2. The van der Waals surface area contributed by atoms with Crippen LogP contribution in [-0.2, 0) is 4.79 Å². The van der Waals surface area contributed by atoms with E-state index in [4.69, 9.17) is 0 Å². The average molecular weight is 288 g/mol. The molecule has 0 radical (unpaired) electrons. The zero-order valence-electron chi connectivity index (χ0n) is 13.4. The van der Waals surface area contributed by atoms with Crippen LogP contribution >= 0.6 is 0 Å². The van der Waals surface area contributed by atoms with Crippen molar-refractivity contribution in [2.45, 2.75) is 65.2 Å². The molecule has 1 rings (SSSR count). The second-order valence-corrected chi connectivity index (χ2v) is 5.79. The predicted molar refractivity (Wildman–Crippen MR) is 87.6 cm³/mol. The van der Waals surface area contributed by atoms with Gasteiger partial charge in [-0.25, -0.2) is 0 Å². The van der Waals surface area contributed by atoms with E-state index in [2.05, 4.69) is 6.92 Å². The van der Waals surface area contributed by atoms with Gasteiger partial charge < -0.3 is 0 Å². The number of carbonyl (C=O) groups excluding carboxylic acids is 2. The molecule has 116 valence electrons. The highest BCUT2D eigenvalue weighted by atomic mass is 16.1. The standard InChI is InChI=1S/C19H28O2/c1-3-4-5-6-7-8-12-15-18(20)16(2)19(21)17-13-10-9-11-14-17/h9-11,13-14,16H,3-8,12,15H2,1-2H3. The Bertz CT molecular complexity index is 422. The van der Waals surface area contributed by atoms with Gasteiger partial charge in [0.2, 0.25) is 0 Å². The molecule has 0 aliphatic carbocycles. The Kier molecular flexibility index (Phi) is 8.65. The highest BCUT2D eigenvalue weighted by molar-refractivity contribution is 6.10. The normalized spacial score (nSPS) is 12.1. The van der Waals surface area contributed by atoms with Gasteiger partial charge in [-0.05, 0) is 13.3 Å². The number of hydrogen-bond acceptors (Lipinski definition) is 2. The van der Waals surface area contributed by atoms with Crippen molar-refractivity contribution in [1.82, 2.24) is 0 Å².